The monoisotopic (exact) mass is 270 g/mol. The van der Waals surface area contributed by atoms with E-state index in [0.717, 1.165) is 18.5 Å². The van der Waals surface area contributed by atoms with Crippen LogP contribution in [0.3, 0.4) is 0 Å². The number of ether oxygens (including phenoxy) is 2. The number of aryl methyl sites for hydroxylation is 1. The number of hydrogen-bond donors (Lipinski definition) is 0. The van der Waals surface area contributed by atoms with E-state index in [9.17, 15) is 4.79 Å². The van der Waals surface area contributed by atoms with Crippen molar-refractivity contribution in [3.05, 3.63) is 59.7 Å². The lowest BCUT2D eigenvalue weighted by Crippen LogP contribution is -2.09. The van der Waals surface area contributed by atoms with E-state index in [-0.39, 0.29) is 0 Å². The molecule has 0 aliphatic rings. The molecule has 0 N–H and O–H groups in total. The summed E-state index contributed by atoms with van der Waals surface area (Å²) in [4.78, 5) is 10.6. The van der Waals surface area contributed by atoms with Crippen LogP contribution in [0.5, 0.6) is 11.5 Å². The Bertz CT molecular complexity index is 546. The molecule has 0 aliphatic carbocycles. The molecule has 3 nitrogen and oxygen atoms in total. The fourth-order valence-electron chi connectivity index (χ4n) is 1.82. The van der Waals surface area contributed by atoms with Crippen LogP contribution in [0.15, 0.2) is 48.5 Å². The van der Waals surface area contributed by atoms with Gasteiger partial charge in [-0.25, -0.2) is 0 Å². The summed E-state index contributed by atoms with van der Waals surface area (Å²) in [6, 6.07) is 15.1. The molecule has 3 heteroatoms. The van der Waals surface area contributed by atoms with Gasteiger partial charge in [0.1, 0.15) is 31.0 Å². The Labute approximate surface area is 119 Å². The first kappa shape index (κ1) is 14.1. The molecule has 0 saturated heterocycles. The molecule has 2 aromatic rings. The highest BCUT2D eigenvalue weighted by Gasteiger charge is 1.97. The molecule has 0 unspecified atom stereocenters. The molecular formula is C17H18O3. The SMILES string of the molecule is CCc1ccc(OCCOc2cccc(C=O)c2)cc1. The minimum absolute atomic E-state index is 0.442. The fraction of sp³-hybridized carbons (Fsp3) is 0.235. The quantitative estimate of drug-likeness (QED) is 0.570. The Kier molecular flexibility index (Phi) is 5.18. The maximum absolute atomic E-state index is 10.6. The van der Waals surface area contributed by atoms with Gasteiger partial charge < -0.3 is 9.47 Å². The zero-order valence-electron chi connectivity index (χ0n) is 11.5. The molecule has 0 aromatic heterocycles. The molecular weight excluding hydrogens is 252 g/mol. The van der Waals surface area contributed by atoms with Crippen molar-refractivity contribution in [2.24, 2.45) is 0 Å². The Balaban J connectivity index is 1.76. The van der Waals surface area contributed by atoms with Crippen molar-refractivity contribution < 1.29 is 14.3 Å². The summed E-state index contributed by atoms with van der Waals surface area (Å²) in [7, 11) is 0. The predicted molar refractivity (Wildman–Crippen MR) is 78.6 cm³/mol. The van der Waals surface area contributed by atoms with Crippen molar-refractivity contribution >= 4 is 6.29 Å². The lowest BCUT2D eigenvalue weighted by atomic mass is 10.2. The first-order valence-electron chi connectivity index (χ1n) is 6.71. The Morgan fingerprint density at radius 3 is 2.30 bits per heavy atom. The van der Waals surface area contributed by atoms with Crippen molar-refractivity contribution in [2.75, 3.05) is 13.2 Å². The van der Waals surface area contributed by atoms with Crippen LogP contribution in [0.1, 0.15) is 22.8 Å². The van der Waals surface area contributed by atoms with Gasteiger partial charge in [-0.3, -0.25) is 4.79 Å². The summed E-state index contributed by atoms with van der Waals surface area (Å²) in [6.07, 6.45) is 1.83. The third kappa shape index (κ3) is 4.12. The smallest absolute Gasteiger partial charge is 0.150 e. The highest BCUT2D eigenvalue weighted by molar-refractivity contribution is 5.75. The molecule has 0 amide bonds. The molecule has 2 aromatic carbocycles. The molecule has 0 aliphatic heterocycles. The summed E-state index contributed by atoms with van der Waals surface area (Å²) >= 11 is 0. The van der Waals surface area contributed by atoms with Gasteiger partial charge in [0.25, 0.3) is 0 Å². The highest BCUT2D eigenvalue weighted by Crippen LogP contribution is 2.14. The van der Waals surface area contributed by atoms with E-state index < -0.39 is 0 Å². The van der Waals surface area contributed by atoms with Gasteiger partial charge in [0.2, 0.25) is 0 Å². The molecule has 20 heavy (non-hydrogen) atoms. The van der Waals surface area contributed by atoms with Crippen LogP contribution < -0.4 is 9.47 Å². The number of carbonyl (C=O) groups excluding carboxylic acids is 1. The number of hydrogen-bond acceptors (Lipinski definition) is 3. The van der Waals surface area contributed by atoms with Crippen LogP contribution in [0, 0.1) is 0 Å². The standard InChI is InChI=1S/C17H18O3/c1-2-14-6-8-16(9-7-14)19-10-11-20-17-5-3-4-15(12-17)13-18/h3-9,12-13H,2,10-11H2,1H3. The summed E-state index contributed by atoms with van der Waals surface area (Å²) in [5.41, 5.74) is 1.90. The van der Waals surface area contributed by atoms with Gasteiger partial charge in [0.15, 0.2) is 0 Å². The molecule has 2 rings (SSSR count). The van der Waals surface area contributed by atoms with E-state index in [2.05, 4.69) is 19.1 Å². The third-order valence-electron chi connectivity index (χ3n) is 2.95. The Hall–Kier alpha value is -2.29. The van der Waals surface area contributed by atoms with Gasteiger partial charge in [-0.1, -0.05) is 31.2 Å². The van der Waals surface area contributed by atoms with Crippen molar-refractivity contribution in [1.82, 2.24) is 0 Å². The summed E-state index contributed by atoms with van der Waals surface area (Å²) in [5.74, 6) is 1.52. The number of benzene rings is 2. The molecule has 0 heterocycles. The van der Waals surface area contributed by atoms with E-state index in [0.29, 0.717) is 24.5 Å². The Morgan fingerprint density at radius 2 is 1.65 bits per heavy atom. The minimum atomic E-state index is 0.442. The van der Waals surface area contributed by atoms with E-state index in [1.54, 1.807) is 18.2 Å². The molecule has 104 valence electrons. The second kappa shape index (κ2) is 7.34. The van der Waals surface area contributed by atoms with E-state index in [4.69, 9.17) is 9.47 Å². The Morgan fingerprint density at radius 1 is 0.950 bits per heavy atom. The van der Waals surface area contributed by atoms with Gasteiger partial charge >= 0.3 is 0 Å². The van der Waals surface area contributed by atoms with Crippen LogP contribution in [-0.4, -0.2) is 19.5 Å². The maximum atomic E-state index is 10.6. The second-order valence-corrected chi connectivity index (χ2v) is 4.38. The molecule has 0 spiro atoms. The molecule has 0 atom stereocenters. The summed E-state index contributed by atoms with van der Waals surface area (Å²) < 4.78 is 11.1. The van der Waals surface area contributed by atoms with Crippen LogP contribution >= 0.6 is 0 Å². The van der Waals surface area contributed by atoms with Gasteiger partial charge in [-0.05, 0) is 36.2 Å². The van der Waals surface area contributed by atoms with Crippen LogP contribution in [0.2, 0.25) is 0 Å². The fourth-order valence-corrected chi connectivity index (χ4v) is 1.82. The van der Waals surface area contributed by atoms with Gasteiger partial charge in [0, 0.05) is 5.56 Å². The van der Waals surface area contributed by atoms with Crippen molar-refractivity contribution in [3.8, 4) is 11.5 Å². The van der Waals surface area contributed by atoms with Crippen LogP contribution in [0.25, 0.3) is 0 Å². The summed E-state index contributed by atoms with van der Waals surface area (Å²) in [5, 5.41) is 0. The average molecular weight is 270 g/mol. The molecule has 0 bridgehead atoms. The van der Waals surface area contributed by atoms with Gasteiger partial charge in [-0.2, -0.15) is 0 Å². The first-order valence-corrected chi connectivity index (χ1v) is 6.71. The normalized spacial score (nSPS) is 10.1. The van der Waals surface area contributed by atoms with Crippen molar-refractivity contribution in [1.29, 1.82) is 0 Å². The highest BCUT2D eigenvalue weighted by atomic mass is 16.5. The second-order valence-electron chi connectivity index (χ2n) is 4.38. The average Bonchev–Trinajstić information content (AvgIpc) is 2.52. The first-order chi connectivity index (χ1) is 9.81. The summed E-state index contributed by atoms with van der Waals surface area (Å²) in [6.45, 7) is 3.03. The van der Waals surface area contributed by atoms with Crippen LogP contribution in [-0.2, 0) is 6.42 Å². The van der Waals surface area contributed by atoms with Crippen molar-refractivity contribution in [2.45, 2.75) is 13.3 Å². The zero-order valence-corrected chi connectivity index (χ0v) is 11.5. The number of aldehydes is 1. The lowest BCUT2D eigenvalue weighted by Gasteiger charge is -2.09. The third-order valence-corrected chi connectivity index (χ3v) is 2.95. The topological polar surface area (TPSA) is 35.5 Å². The lowest BCUT2D eigenvalue weighted by molar-refractivity contribution is 0.112. The van der Waals surface area contributed by atoms with Gasteiger partial charge in [0.05, 0.1) is 0 Å². The predicted octanol–water partition coefficient (Wildman–Crippen LogP) is 3.52. The van der Waals surface area contributed by atoms with Gasteiger partial charge in [-0.15, -0.1) is 0 Å². The number of rotatable bonds is 7. The van der Waals surface area contributed by atoms with E-state index in [1.165, 1.54) is 5.56 Å². The van der Waals surface area contributed by atoms with Crippen molar-refractivity contribution in [3.63, 3.8) is 0 Å². The largest absolute Gasteiger partial charge is 0.490 e. The maximum Gasteiger partial charge on any atom is 0.150 e. The van der Waals surface area contributed by atoms with Crippen LogP contribution in [0.4, 0.5) is 0 Å². The van der Waals surface area contributed by atoms with E-state index in [1.807, 2.05) is 18.2 Å². The molecule has 0 radical (unpaired) electrons. The van der Waals surface area contributed by atoms with E-state index >= 15 is 0 Å². The number of carbonyl (C=O) groups is 1. The molecule has 0 saturated carbocycles. The minimum Gasteiger partial charge on any atom is -0.490 e. The zero-order chi connectivity index (χ0) is 14.2. The molecule has 0 fully saturated rings.